The van der Waals surface area contributed by atoms with Crippen LogP contribution in [0.1, 0.15) is 39.5 Å². The Labute approximate surface area is 117 Å². The van der Waals surface area contributed by atoms with Crippen LogP contribution in [-0.2, 0) is 0 Å². The molecule has 5 fully saturated rings. The van der Waals surface area contributed by atoms with Crippen molar-refractivity contribution >= 4 is 0 Å². The van der Waals surface area contributed by atoms with Crippen molar-refractivity contribution in [1.82, 2.24) is 0 Å². The fourth-order valence-corrected chi connectivity index (χ4v) is 9.17. The Morgan fingerprint density at radius 3 is 2.63 bits per heavy atom. The molecule has 6 rings (SSSR count). The Hall–Kier alpha value is -0.260. The van der Waals surface area contributed by atoms with Crippen molar-refractivity contribution in [3.63, 3.8) is 0 Å². The summed E-state index contributed by atoms with van der Waals surface area (Å²) in [5.74, 6) is 11.0. The maximum Gasteiger partial charge on any atom is -0.0191 e. The van der Waals surface area contributed by atoms with E-state index in [2.05, 4.69) is 26.0 Å². The number of hydrogen-bond acceptors (Lipinski definition) is 0. The highest BCUT2D eigenvalue weighted by molar-refractivity contribution is 5.28. The molecule has 0 heterocycles. The predicted octanol–water partition coefficient (Wildman–Crippen LogP) is 4.37. The molecule has 19 heavy (non-hydrogen) atoms. The summed E-state index contributed by atoms with van der Waals surface area (Å²) in [4.78, 5) is 0. The van der Waals surface area contributed by atoms with Crippen LogP contribution in [0.25, 0.3) is 0 Å². The number of rotatable bonds is 0. The zero-order valence-corrected chi connectivity index (χ0v) is 12.3. The first-order valence-electron chi connectivity index (χ1n) is 8.87. The molecule has 6 bridgehead atoms. The van der Waals surface area contributed by atoms with Crippen molar-refractivity contribution in [1.29, 1.82) is 0 Å². The molecule has 0 radical (unpaired) electrons. The smallest absolute Gasteiger partial charge is 0.0191 e. The second kappa shape index (κ2) is 2.85. The number of hydrogen-bond donors (Lipinski definition) is 0. The molecule has 11 unspecified atom stereocenters. The van der Waals surface area contributed by atoms with Gasteiger partial charge in [0.05, 0.1) is 0 Å². The molecule has 0 aromatic rings. The van der Waals surface area contributed by atoms with Gasteiger partial charge in [-0.2, -0.15) is 0 Å². The Balaban J connectivity index is 1.51. The second-order valence-corrected chi connectivity index (χ2v) is 9.40. The van der Waals surface area contributed by atoms with Gasteiger partial charge >= 0.3 is 0 Å². The van der Waals surface area contributed by atoms with Crippen molar-refractivity contribution in [2.75, 3.05) is 0 Å². The molecule has 0 spiro atoms. The van der Waals surface area contributed by atoms with Crippen molar-refractivity contribution < 1.29 is 0 Å². The third-order valence-electron chi connectivity index (χ3n) is 9.11. The van der Waals surface area contributed by atoms with Gasteiger partial charge < -0.3 is 0 Å². The van der Waals surface area contributed by atoms with Gasteiger partial charge in [0.2, 0.25) is 0 Å². The van der Waals surface area contributed by atoms with Gasteiger partial charge in [-0.05, 0) is 90.3 Å². The van der Waals surface area contributed by atoms with E-state index < -0.39 is 0 Å². The lowest BCUT2D eigenvalue weighted by Gasteiger charge is -2.50. The molecule has 11 atom stereocenters. The molecule has 6 aliphatic carbocycles. The first-order chi connectivity index (χ1) is 9.18. The van der Waals surface area contributed by atoms with Crippen molar-refractivity contribution in [3.8, 4) is 0 Å². The summed E-state index contributed by atoms with van der Waals surface area (Å²) in [6, 6.07) is 0. The molecular weight excluding hydrogens is 228 g/mol. The first kappa shape index (κ1) is 10.5. The van der Waals surface area contributed by atoms with Crippen LogP contribution in [0.5, 0.6) is 0 Å². The lowest BCUT2D eigenvalue weighted by molar-refractivity contribution is -0.0190. The number of fused-ring (bicyclic) bond motifs is 16. The van der Waals surface area contributed by atoms with Gasteiger partial charge in [0.25, 0.3) is 0 Å². The maximum atomic E-state index is 2.73. The molecule has 0 nitrogen and oxygen atoms in total. The first-order valence-corrected chi connectivity index (χ1v) is 8.87. The van der Waals surface area contributed by atoms with Crippen molar-refractivity contribution in [3.05, 3.63) is 12.2 Å². The van der Waals surface area contributed by atoms with Crippen molar-refractivity contribution in [2.45, 2.75) is 39.5 Å². The molecule has 0 aliphatic heterocycles. The fourth-order valence-electron chi connectivity index (χ4n) is 9.17. The van der Waals surface area contributed by atoms with E-state index in [1.54, 1.807) is 19.3 Å². The van der Waals surface area contributed by atoms with Crippen LogP contribution >= 0.6 is 0 Å². The van der Waals surface area contributed by atoms with E-state index in [0.29, 0.717) is 0 Å². The maximum absolute atomic E-state index is 2.73. The molecule has 0 aromatic heterocycles. The van der Waals surface area contributed by atoms with Crippen LogP contribution in [0.4, 0.5) is 0 Å². The van der Waals surface area contributed by atoms with Gasteiger partial charge in [0.1, 0.15) is 0 Å². The Kier molecular flexibility index (Phi) is 1.57. The molecular formula is C19H26. The van der Waals surface area contributed by atoms with E-state index in [1.807, 2.05) is 0 Å². The van der Waals surface area contributed by atoms with Crippen LogP contribution in [0, 0.1) is 64.6 Å². The molecule has 0 aromatic carbocycles. The minimum Gasteiger partial charge on any atom is -0.0848 e. The van der Waals surface area contributed by atoms with E-state index in [0.717, 1.165) is 58.7 Å². The summed E-state index contributed by atoms with van der Waals surface area (Å²) in [5, 5.41) is 0. The van der Waals surface area contributed by atoms with Gasteiger partial charge in [-0.15, -0.1) is 0 Å². The van der Waals surface area contributed by atoms with Gasteiger partial charge in [0.15, 0.2) is 0 Å². The average molecular weight is 254 g/mol. The average Bonchev–Trinajstić information content (AvgIpc) is 3.12. The van der Waals surface area contributed by atoms with E-state index in [-0.39, 0.29) is 0 Å². The van der Waals surface area contributed by atoms with Crippen molar-refractivity contribution in [2.24, 2.45) is 64.6 Å². The van der Waals surface area contributed by atoms with E-state index in [9.17, 15) is 0 Å². The summed E-state index contributed by atoms with van der Waals surface area (Å²) in [6.45, 7) is 5.30. The normalized spacial score (nSPS) is 74.0. The topological polar surface area (TPSA) is 0 Å². The zero-order chi connectivity index (χ0) is 12.5. The summed E-state index contributed by atoms with van der Waals surface area (Å²) in [7, 11) is 0. The molecule has 0 heteroatoms. The minimum absolute atomic E-state index is 0.748. The predicted molar refractivity (Wildman–Crippen MR) is 76.3 cm³/mol. The molecule has 5 saturated carbocycles. The highest BCUT2D eigenvalue weighted by atomic mass is 14.8. The Bertz CT molecular complexity index is 490. The highest BCUT2D eigenvalue weighted by Crippen LogP contribution is 2.80. The lowest BCUT2D eigenvalue weighted by atomic mass is 9.54. The van der Waals surface area contributed by atoms with Crippen LogP contribution in [0.3, 0.4) is 0 Å². The van der Waals surface area contributed by atoms with Crippen LogP contribution in [0.15, 0.2) is 12.2 Å². The molecule has 102 valence electrons. The molecule has 0 saturated heterocycles. The van der Waals surface area contributed by atoms with E-state index in [4.69, 9.17) is 0 Å². The SMILES string of the molecule is CC1CC2CC1C1C2C2CC1(C)C1C3C=CC(C3)C21. The summed E-state index contributed by atoms with van der Waals surface area (Å²) < 4.78 is 0. The zero-order valence-electron chi connectivity index (χ0n) is 12.3. The molecule has 0 amide bonds. The standard InChI is InChI=1S/C19H26/c1-9-5-12-7-13(9)18-16(12)14-8-19(18,2)17-11-4-3-10(6-11)15(14)17/h3-4,9-18H,5-8H2,1-2H3. The van der Waals surface area contributed by atoms with Gasteiger partial charge in [-0.3, -0.25) is 0 Å². The summed E-state index contributed by atoms with van der Waals surface area (Å²) >= 11 is 0. The second-order valence-electron chi connectivity index (χ2n) is 9.40. The number of allylic oxidation sites excluding steroid dienone is 2. The monoisotopic (exact) mass is 254 g/mol. The Morgan fingerprint density at radius 1 is 0.895 bits per heavy atom. The largest absolute Gasteiger partial charge is 0.0848 e. The minimum atomic E-state index is 0.748. The molecule has 6 aliphatic rings. The Morgan fingerprint density at radius 2 is 1.74 bits per heavy atom. The van der Waals surface area contributed by atoms with E-state index >= 15 is 0 Å². The molecule has 0 N–H and O–H groups in total. The fraction of sp³-hybridized carbons (Fsp3) is 0.895. The quantitative estimate of drug-likeness (QED) is 0.445. The summed E-state index contributed by atoms with van der Waals surface area (Å²) in [6.07, 6.45) is 11.6. The van der Waals surface area contributed by atoms with E-state index in [1.165, 1.54) is 12.3 Å². The third kappa shape index (κ3) is 0.904. The van der Waals surface area contributed by atoms with Gasteiger partial charge in [-0.1, -0.05) is 26.0 Å². The van der Waals surface area contributed by atoms with Gasteiger partial charge in [-0.25, -0.2) is 0 Å². The van der Waals surface area contributed by atoms with Crippen LogP contribution < -0.4 is 0 Å². The third-order valence-corrected chi connectivity index (χ3v) is 9.11. The lowest BCUT2D eigenvalue weighted by Crippen LogP contribution is -2.46. The summed E-state index contributed by atoms with van der Waals surface area (Å²) in [5.41, 5.74) is 0.748. The van der Waals surface area contributed by atoms with Crippen LogP contribution in [0.2, 0.25) is 0 Å². The van der Waals surface area contributed by atoms with Crippen LogP contribution in [-0.4, -0.2) is 0 Å². The highest BCUT2D eigenvalue weighted by Gasteiger charge is 2.74. The van der Waals surface area contributed by atoms with Gasteiger partial charge in [0, 0.05) is 0 Å².